The van der Waals surface area contributed by atoms with Crippen LogP contribution in [-0.2, 0) is 11.2 Å². The number of carbonyl (C=O) groups excluding carboxylic acids is 1. The summed E-state index contributed by atoms with van der Waals surface area (Å²) in [5.41, 5.74) is 3.31. The van der Waals surface area contributed by atoms with Gasteiger partial charge in [-0.1, -0.05) is 0 Å². The van der Waals surface area contributed by atoms with Crippen molar-refractivity contribution in [1.29, 1.82) is 0 Å². The molecule has 2 nitrogen and oxygen atoms in total. The average Bonchev–Trinajstić information content (AvgIpc) is 2.83. The predicted octanol–water partition coefficient (Wildman–Crippen LogP) is 4.63. The summed E-state index contributed by atoms with van der Waals surface area (Å²) in [6.07, 6.45) is 0.906. The maximum atomic E-state index is 13.5. The summed E-state index contributed by atoms with van der Waals surface area (Å²) in [4.78, 5) is 14.6. The first-order valence-corrected chi connectivity index (χ1v) is 7.10. The molecule has 0 aliphatic carbocycles. The first kappa shape index (κ1) is 14.4. The van der Waals surface area contributed by atoms with Crippen LogP contribution in [-0.4, -0.2) is 10.8 Å². The molecule has 0 aliphatic heterocycles. The maximum Gasteiger partial charge on any atom is 0.130 e. The van der Waals surface area contributed by atoms with Gasteiger partial charge in [-0.05, 0) is 66.9 Å². The number of rotatable bonds is 4. The van der Waals surface area contributed by atoms with Gasteiger partial charge in [0.15, 0.2) is 0 Å². The van der Waals surface area contributed by atoms with Crippen LogP contribution in [0.3, 0.4) is 0 Å². The Labute approximate surface area is 126 Å². The van der Waals surface area contributed by atoms with E-state index in [4.69, 9.17) is 0 Å². The van der Waals surface area contributed by atoms with Gasteiger partial charge in [0, 0.05) is 23.0 Å². The molecule has 0 spiro atoms. The molecule has 112 valence electrons. The molecule has 0 saturated carbocycles. The lowest BCUT2D eigenvalue weighted by Crippen LogP contribution is -1.95. The predicted molar refractivity (Wildman–Crippen MR) is 82.7 cm³/mol. The van der Waals surface area contributed by atoms with Crippen LogP contribution in [0, 0.1) is 11.6 Å². The van der Waals surface area contributed by atoms with Gasteiger partial charge in [0.05, 0.1) is 0 Å². The zero-order valence-electron chi connectivity index (χ0n) is 12.1. The Kier molecular flexibility index (Phi) is 3.75. The standard InChI is InChI=1S/C18H15F2NO/c1-11(22)2-8-15-16-10-14(20)7-9-17(16)21-18(15)12-3-5-13(19)6-4-12/h3-7,9-10,21H,2,8H2,1H3. The second kappa shape index (κ2) is 5.72. The Bertz CT molecular complexity index is 834. The van der Waals surface area contributed by atoms with Crippen LogP contribution in [0.25, 0.3) is 22.2 Å². The normalized spacial score (nSPS) is 11.0. The number of carbonyl (C=O) groups is 1. The molecule has 22 heavy (non-hydrogen) atoms. The topological polar surface area (TPSA) is 32.9 Å². The van der Waals surface area contributed by atoms with Crippen molar-refractivity contribution in [1.82, 2.24) is 4.98 Å². The summed E-state index contributed by atoms with van der Waals surface area (Å²) in [5.74, 6) is -0.548. The fourth-order valence-electron chi connectivity index (χ4n) is 2.64. The third kappa shape index (κ3) is 2.77. The van der Waals surface area contributed by atoms with Gasteiger partial charge < -0.3 is 9.78 Å². The quantitative estimate of drug-likeness (QED) is 0.748. The lowest BCUT2D eigenvalue weighted by molar-refractivity contribution is -0.116. The SMILES string of the molecule is CC(=O)CCc1c(-c2ccc(F)cc2)[nH]c2ccc(F)cc12. The molecule has 3 aromatic rings. The van der Waals surface area contributed by atoms with Crippen molar-refractivity contribution in [2.24, 2.45) is 0 Å². The zero-order valence-corrected chi connectivity index (χ0v) is 12.1. The molecular formula is C18H15F2NO. The monoisotopic (exact) mass is 299 g/mol. The summed E-state index contributed by atoms with van der Waals surface area (Å²) < 4.78 is 26.7. The van der Waals surface area contributed by atoms with Gasteiger partial charge in [0.1, 0.15) is 17.4 Å². The number of hydrogen-bond acceptors (Lipinski definition) is 1. The largest absolute Gasteiger partial charge is 0.354 e. The molecular weight excluding hydrogens is 284 g/mol. The van der Waals surface area contributed by atoms with Crippen molar-refractivity contribution < 1.29 is 13.6 Å². The van der Waals surface area contributed by atoms with Gasteiger partial charge in [0.2, 0.25) is 0 Å². The molecule has 2 aromatic carbocycles. The number of benzene rings is 2. The molecule has 0 bridgehead atoms. The number of aromatic nitrogens is 1. The highest BCUT2D eigenvalue weighted by Crippen LogP contribution is 2.32. The first-order chi connectivity index (χ1) is 10.5. The number of fused-ring (bicyclic) bond motifs is 1. The molecule has 0 unspecified atom stereocenters. The lowest BCUT2D eigenvalue weighted by Gasteiger charge is -2.04. The highest BCUT2D eigenvalue weighted by molar-refractivity contribution is 5.91. The number of aromatic amines is 1. The molecule has 1 N–H and O–H groups in total. The first-order valence-electron chi connectivity index (χ1n) is 7.10. The second-order valence-corrected chi connectivity index (χ2v) is 5.38. The maximum absolute atomic E-state index is 13.5. The Morgan fingerprint density at radius 1 is 1.05 bits per heavy atom. The van der Waals surface area contributed by atoms with E-state index in [0.717, 1.165) is 27.7 Å². The number of nitrogens with one attached hydrogen (secondary N) is 1. The van der Waals surface area contributed by atoms with Crippen LogP contribution in [0.15, 0.2) is 42.5 Å². The summed E-state index contributed by atoms with van der Waals surface area (Å²) in [6.45, 7) is 1.53. The number of hydrogen-bond donors (Lipinski definition) is 1. The molecule has 1 heterocycles. The van der Waals surface area contributed by atoms with Crippen molar-refractivity contribution >= 4 is 16.7 Å². The summed E-state index contributed by atoms with van der Waals surface area (Å²) in [7, 11) is 0. The van der Waals surface area contributed by atoms with Gasteiger partial charge in [-0.3, -0.25) is 0 Å². The molecule has 0 fully saturated rings. The molecule has 0 saturated heterocycles. The number of aryl methyl sites for hydroxylation is 1. The summed E-state index contributed by atoms with van der Waals surface area (Å²) in [5, 5.41) is 0.764. The molecule has 0 amide bonds. The van der Waals surface area contributed by atoms with Crippen LogP contribution in [0.4, 0.5) is 8.78 Å². The van der Waals surface area contributed by atoms with Gasteiger partial charge in [-0.2, -0.15) is 0 Å². The van der Waals surface area contributed by atoms with E-state index in [1.165, 1.54) is 31.2 Å². The van der Waals surface area contributed by atoms with Gasteiger partial charge in [-0.25, -0.2) is 8.78 Å². The van der Waals surface area contributed by atoms with E-state index in [1.807, 2.05) is 0 Å². The molecule has 3 rings (SSSR count). The van der Waals surface area contributed by atoms with Gasteiger partial charge in [-0.15, -0.1) is 0 Å². The van der Waals surface area contributed by atoms with E-state index >= 15 is 0 Å². The number of Topliss-reactive ketones (excluding diaryl/α,β-unsaturated/α-hetero) is 1. The Balaban J connectivity index is 2.16. The van der Waals surface area contributed by atoms with Crippen LogP contribution in [0.1, 0.15) is 18.9 Å². The summed E-state index contributed by atoms with van der Waals surface area (Å²) >= 11 is 0. The third-order valence-electron chi connectivity index (χ3n) is 3.73. The average molecular weight is 299 g/mol. The van der Waals surface area contributed by atoms with Crippen LogP contribution < -0.4 is 0 Å². The molecule has 0 radical (unpaired) electrons. The van der Waals surface area contributed by atoms with Crippen molar-refractivity contribution in [3.63, 3.8) is 0 Å². The number of H-pyrrole nitrogens is 1. The van der Waals surface area contributed by atoms with E-state index in [0.29, 0.717) is 12.8 Å². The van der Waals surface area contributed by atoms with Gasteiger partial charge in [0.25, 0.3) is 0 Å². The minimum atomic E-state index is -0.318. The van der Waals surface area contributed by atoms with Crippen molar-refractivity contribution in [2.45, 2.75) is 19.8 Å². The zero-order chi connectivity index (χ0) is 15.7. The molecule has 1 aromatic heterocycles. The highest BCUT2D eigenvalue weighted by atomic mass is 19.1. The fraction of sp³-hybridized carbons (Fsp3) is 0.167. The number of halogens is 2. The second-order valence-electron chi connectivity index (χ2n) is 5.38. The molecule has 4 heteroatoms. The van der Waals surface area contributed by atoms with Crippen LogP contribution in [0.5, 0.6) is 0 Å². The number of ketones is 1. The van der Waals surface area contributed by atoms with E-state index in [1.54, 1.807) is 18.2 Å². The smallest absolute Gasteiger partial charge is 0.130 e. The highest BCUT2D eigenvalue weighted by Gasteiger charge is 2.14. The fourth-order valence-corrected chi connectivity index (χ4v) is 2.64. The van der Waals surface area contributed by atoms with Crippen molar-refractivity contribution in [3.8, 4) is 11.3 Å². The van der Waals surface area contributed by atoms with E-state index in [2.05, 4.69) is 4.98 Å². The lowest BCUT2D eigenvalue weighted by atomic mass is 10.00. The summed E-state index contributed by atoms with van der Waals surface area (Å²) in [6, 6.07) is 10.7. The van der Waals surface area contributed by atoms with Crippen molar-refractivity contribution in [3.05, 3.63) is 59.7 Å². The van der Waals surface area contributed by atoms with E-state index < -0.39 is 0 Å². The van der Waals surface area contributed by atoms with Crippen LogP contribution in [0.2, 0.25) is 0 Å². The van der Waals surface area contributed by atoms with Crippen molar-refractivity contribution in [2.75, 3.05) is 0 Å². The Hall–Kier alpha value is -2.49. The minimum absolute atomic E-state index is 0.0795. The molecule has 0 atom stereocenters. The van der Waals surface area contributed by atoms with E-state index in [9.17, 15) is 13.6 Å². The van der Waals surface area contributed by atoms with Crippen LogP contribution >= 0.6 is 0 Å². The Morgan fingerprint density at radius 2 is 1.73 bits per heavy atom. The third-order valence-corrected chi connectivity index (χ3v) is 3.73. The van der Waals surface area contributed by atoms with Gasteiger partial charge >= 0.3 is 0 Å². The Morgan fingerprint density at radius 3 is 2.41 bits per heavy atom. The molecule has 0 aliphatic rings. The van der Waals surface area contributed by atoms with E-state index in [-0.39, 0.29) is 17.4 Å². The minimum Gasteiger partial charge on any atom is -0.354 e.